The Hall–Kier alpha value is -2.38. The van der Waals surface area contributed by atoms with Crippen LogP contribution in [-0.2, 0) is 0 Å². The van der Waals surface area contributed by atoms with Crippen LogP contribution in [0.5, 0.6) is 5.88 Å². The van der Waals surface area contributed by atoms with E-state index in [1.54, 1.807) is 12.1 Å². The molecule has 1 saturated heterocycles. The lowest BCUT2D eigenvalue weighted by atomic mass is 9.87. The van der Waals surface area contributed by atoms with Gasteiger partial charge in [0.1, 0.15) is 11.8 Å². The van der Waals surface area contributed by atoms with Crippen LogP contribution in [0.25, 0.3) is 0 Å². The molecule has 2 heterocycles. The molecule has 1 atom stereocenters. The lowest BCUT2D eigenvalue weighted by Gasteiger charge is -2.26. The minimum atomic E-state index is 0.232. The molecule has 112 valence electrons. The van der Waals surface area contributed by atoms with E-state index in [4.69, 9.17) is 10.00 Å². The van der Waals surface area contributed by atoms with Gasteiger partial charge in [-0.1, -0.05) is 24.6 Å². The first-order chi connectivity index (χ1) is 10.8. The minimum absolute atomic E-state index is 0.232. The van der Waals surface area contributed by atoms with Crippen LogP contribution in [0.15, 0.2) is 53.5 Å². The van der Waals surface area contributed by atoms with Crippen LogP contribution in [0.1, 0.15) is 25.3 Å². The average molecular weight is 293 g/mol. The van der Waals surface area contributed by atoms with Gasteiger partial charge >= 0.3 is 0 Å². The molecule has 0 amide bonds. The summed E-state index contributed by atoms with van der Waals surface area (Å²) in [5.41, 5.74) is 3.42. The zero-order chi connectivity index (χ0) is 15.4. The van der Waals surface area contributed by atoms with Crippen molar-refractivity contribution in [3.63, 3.8) is 0 Å². The fourth-order valence-electron chi connectivity index (χ4n) is 2.88. The average Bonchev–Trinajstić information content (AvgIpc) is 2.58. The molecule has 1 unspecified atom stereocenters. The highest BCUT2D eigenvalue weighted by Crippen LogP contribution is 2.32. The fraction of sp³-hybridized carbons (Fsp3) is 0.333. The summed E-state index contributed by atoms with van der Waals surface area (Å²) in [7, 11) is 0. The van der Waals surface area contributed by atoms with E-state index in [1.165, 1.54) is 17.3 Å². The highest BCUT2D eigenvalue weighted by atomic mass is 16.5. The predicted molar refractivity (Wildman–Crippen MR) is 85.1 cm³/mol. The molecule has 0 radical (unpaired) electrons. The monoisotopic (exact) mass is 293 g/mol. The molecule has 1 aliphatic carbocycles. The second kappa shape index (κ2) is 6.59. The molecule has 0 bridgehead atoms. The van der Waals surface area contributed by atoms with Crippen LogP contribution in [0.4, 0.5) is 0 Å². The number of pyridine rings is 1. The molecule has 4 heteroatoms. The van der Waals surface area contributed by atoms with Crippen molar-refractivity contribution in [2.75, 3.05) is 13.1 Å². The molecule has 1 aromatic rings. The summed E-state index contributed by atoms with van der Waals surface area (Å²) in [5, 5.41) is 12.2. The van der Waals surface area contributed by atoms with E-state index in [9.17, 15) is 0 Å². The third-order valence-corrected chi connectivity index (χ3v) is 4.13. The van der Waals surface area contributed by atoms with Gasteiger partial charge in [-0.2, -0.15) is 5.26 Å². The lowest BCUT2D eigenvalue weighted by molar-refractivity contribution is 0.361. The molecule has 0 aromatic carbocycles. The Bertz CT molecular complexity index is 669. The standard InChI is InChI=1S/C18H19N3O/c1-13-16(15-7-9-20-10-8-15)3-2-4-17(13)22-18-6-5-14(11-19)12-21-18/h2-6,12-13,20H,7-10H2,1H3. The predicted octanol–water partition coefficient (Wildman–Crippen LogP) is 3.10. The number of allylic oxidation sites excluding steroid dienone is 4. The van der Waals surface area contributed by atoms with Crippen molar-refractivity contribution >= 4 is 0 Å². The zero-order valence-electron chi connectivity index (χ0n) is 12.7. The third-order valence-electron chi connectivity index (χ3n) is 4.13. The van der Waals surface area contributed by atoms with E-state index in [-0.39, 0.29) is 5.92 Å². The molecule has 22 heavy (non-hydrogen) atoms. The Morgan fingerprint density at radius 3 is 2.82 bits per heavy atom. The number of hydrogen-bond donors (Lipinski definition) is 1. The van der Waals surface area contributed by atoms with Gasteiger partial charge in [-0.05, 0) is 43.6 Å². The van der Waals surface area contributed by atoms with Crippen LogP contribution in [0.3, 0.4) is 0 Å². The maximum atomic E-state index is 8.81. The van der Waals surface area contributed by atoms with Crippen LogP contribution in [-0.4, -0.2) is 18.1 Å². The minimum Gasteiger partial charge on any atom is -0.443 e. The maximum absolute atomic E-state index is 8.81. The summed E-state index contributed by atoms with van der Waals surface area (Å²) in [4.78, 5) is 4.18. The van der Waals surface area contributed by atoms with Crippen LogP contribution in [0.2, 0.25) is 0 Å². The first-order valence-corrected chi connectivity index (χ1v) is 7.63. The highest BCUT2D eigenvalue weighted by Gasteiger charge is 2.21. The first-order valence-electron chi connectivity index (χ1n) is 7.63. The Labute approximate surface area is 130 Å². The van der Waals surface area contributed by atoms with Crippen molar-refractivity contribution in [3.8, 4) is 11.9 Å². The topological polar surface area (TPSA) is 57.9 Å². The van der Waals surface area contributed by atoms with Gasteiger partial charge in [0.15, 0.2) is 0 Å². The summed E-state index contributed by atoms with van der Waals surface area (Å²) >= 11 is 0. The molecule has 0 spiro atoms. The highest BCUT2D eigenvalue weighted by molar-refractivity contribution is 5.40. The molecular weight excluding hydrogens is 274 g/mol. The largest absolute Gasteiger partial charge is 0.443 e. The Morgan fingerprint density at radius 1 is 1.32 bits per heavy atom. The van der Waals surface area contributed by atoms with Crippen molar-refractivity contribution in [1.82, 2.24) is 10.3 Å². The third kappa shape index (κ3) is 3.10. The van der Waals surface area contributed by atoms with Crippen molar-refractivity contribution in [3.05, 3.63) is 59.0 Å². The van der Waals surface area contributed by atoms with E-state index in [1.807, 2.05) is 12.2 Å². The number of nitriles is 1. The Morgan fingerprint density at radius 2 is 2.14 bits per heavy atom. The maximum Gasteiger partial charge on any atom is 0.218 e. The summed E-state index contributed by atoms with van der Waals surface area (Å²) in [6, 6.07) is 5.52. The van der Waals surface area contributed by atoms with Crippen molar-refractivity contribution in [1.29, 1.82) is 5.26 Å². The van der Waals surface area contributed by atoms with Gasteiger partial charge in [0, 0.05) is 18.2 Å². The SMILES string of the molecule is CC1C(Oc2ccc(C#N)cn2)=CC=CC1=C1CCNCC1. The molecule has 1 N–H and O–H groups in total. The van der Waals surface area contributed by atoms with E-state index >= 15 is 0 Å². The Balaban J connectivity index is 1.78. The molecule has 2 aliphatic rings. The van der Waals surface area contributed by atoms with Crippen LogP contribution in [0, 0.1) is 17.2 Å². The quantitative estimate of drug-likeness (QED) is 0.910. The van der Waals surface area contributed by atoms with Gasteiger partial charge in [0.2, 0.25) is 5.88 Å². The van der Waals surface area contributed by atoms with Gasteiger partial charge in [-0.25, -0.2) is 4.98 Å². The van der Waals surface area contributed by atoms with Gasteiger partial charge in [-0.15, -0.1) is 0 Å². The molecule has 3 rings (SSSR count). The van der Waals surface area contributed by atoms with E-state index < -0.39 is 0 Å². The summed E-state index contributed by atoms with van der Waals surface area (Å²) in [6.07, 6.45) is 9.98. The van der Waals surface area contributed by atoms with Gasteiger partial charge in [0.05, 0.1) is 5.56 Å². The number of ether oxygens (including phenoxy) is 1. The molecular formula is C18H19N3O. The molecule has 1 fully saturated rings. The van der Waals surface area contributed by atoms with Crippen molar-refractivity contribution in [2.45, 2.75) is 19.8 Å². The summed E-state index contributed by atoms with van der Waals surface area (Å²) < 4.78 is 5.93. The number of rotatable bonds is 2. The molecule has 1 aromatic heterocycles. The Kier molecular flexibility index (Phi) is 4.36. The second-order valence-electron chi connectivity index (χ2n) is 5.56. The van der Waals surface area contributed by atoms with Crippen molar-refractivity contribution in [2.24, 2.45) is 5.92 Å². The number of nitrogens with zero attached hydrogens (tertiary/aromatic N) is 2. The zero-order valence-corrected chi connectivity index (χ0v) is 12.7. The van der Waals surface area contributed by atoms with Gasteiger partial charge in [-0.3, -0.25) is 0 Å². The van der Waals surface area contributed by atoms with Gasteiger partial charge in [0.25, 0.3) is 0 Å². The lowest BCUT2D eigenvalue weighted by Crippen LogP contribution is -2.25. The van der Waals surface area contributed by atoms with Crippen LogP contribution < -0.4 is 10.1 Å². The first kappa shape index (κ1) is 14.6. The smallest absolute Gasteiger partial charge is 0.218 e. The molecule has 4 nitrogen and oxygen atoms in total. The number of aromatic nitrogens is 1. The summed E-state index contributed by atoms with van der Waals surface area (Å²) in [5.74, 6) is 1.67. The number of piperidine rings is 1. The molecule has 1 aliphatic heterocycles. The normalized spacial score (nSPS) is 21.3. The van der Waals surface area contributed by atoms with Gasteiger partial charge < -0.3 is 10.1 Å². The number of hydrogen-bond acceptors (Lipinski definition) is 4. The number of nitrogens with one attached hydrogen (secondary N) is 1. The van der Waals surface area contributed by atoms with E-state index in [2.05, 4.69) is 29.4 Å². The van der Waals surface area contributed by atoms with E-state index in [0.29, 0.717) is 11.4 Å². The fourth-order valence-corrected chi connectivity index (χ4v) is 2.88. The van der Waals surface area contributed by atoms with Crippen LogP contribution >= 0.6 is 0 Å². The second-order valence-corrected chi connectivity index (χ2v) is 5.56. The summed E-state index contributed by atoms with van der Waals surface area (Å²) in [6.45, 7) is 4.27. The molecule has 0 saturated carbocycles. The van der Waals surface area contributed by atoms with Crippen molar-refractivity contribution < 1.29 is 4.74 Å². The van der Waals surface area contributed by atoms with E-state index in [0.717, 1.165) is 31.7 Å².